The topological polar surface area (TPSA) is 101 Å². The van der Waals surface area contributed by atoms with Gasteiger partial charge in [-0.3, -0.25) is 14.8 Å². The van der Waals surface area contributed by atoms with Crippen molar-refractivity contribution < 1.29 is 19.0 Å². The number of nitrogens with one attached hydrogen (secondary N) is 3. The molecule has 35 heavy (non-hydrogen) atoms. The molecule has 2 aromatic carbocycles. The first kappa shape index (κ1) is 23.3. The number of methoxy groups -OCH3 is 1. The molecule has 0 radical (unpaired) electrons. The fourth-order valence-electron chi connectivity index (χ4n) is 4.47. The molecule has 3 N–H and O–H groups in total. The highest BCUT2D eigenvalue weighted by molar-refractivity contribution is 5.97. The summed E-state index contributed by atoms with van der Waals surface area (Å²) in [6.45, 7) is 5.27. The highest BCUT2D eigenvalue weighted by Crippen LogP contribution is 2.31. The van der Waals surface area contributed by atoms with Gasteiger partial charge in [-0.05, 0) is 47.4 Å². The number of hydrogen-bond acceptors (Lipinski definition) is 7. The molecule has 5 rings (SSSR count). The molecule has 1 fully saturated rings. The molecule has 1 unspecified atom stereocenters. The van der Waals surface area contributed by atoms with Gasteiger partial charge in [0, 0.05) is 37.9 Å². The molecule has 184 valence electrons. The number of anilines is 1. The van der Waals surface area contributed by atoms with Crippen LogP contribution in [0, 0.1) is 0 Å². The summed E-state index contributed by atoms with van der Waals surface area (Å²) in [5.74, 6) is 1.35. The molecular formula is C26H31N5O4. The monoisotopic (exact) mass is 477 g/mol. The highest BCUT2D eigenvalue weighted by atomic mass is 16.5. The van der Waals surface area contributed by atoms with E-state index in [0.29, 0.717) is 31.0 Å². The maximum atomic E-state index is 13.2. The zero-order chi connectivity index (χ0) is 24.0. The zero-order valence-electron chi connectivity index (χ0n) is 19.9. The number of morpholine rings is 1. The van der Waals surface area contributed by atoms with Gasteiger partial charge in [0.1, 0.15) is 18.1 Å². The maximum absolute atomic E-state index is 13.2. The Morgan fingerprint density at radius 1 is 1.17 bits per heavy atom. The molecule has 9 heteroatoms. The van der Waals surface area contributed by atoms with E-state index in [1.807, 2.05) is 42.6 Å². The summed E-state index contributed by atoms with van der Waals surface area (Å²) in [5.41, 5.74) is 4.89. The molecule has 3 aromatic rings. The van der Waals surface area contributed by atoms with Gasteiger partial charge in [-0.25, -0.2) is 0 Å². The standard InChI is InChI=1S/C26H31N5O4/c1-33-22-4-2-19-15-27-24(13-20(19)12-22)26(32)30-23-5-3-18(21-16-28-29-17-21)14-25(23)35-11-8-31-6-9-34-10-7-31/h2-5,12,14,16-17,24,27H,6-11,13,15H2,1H3,(H,28,29)(H,30,32). The van der Waals surface area contributed by atoms with Gasteiger partial charge in [0.25, 0.3) is 0 Å². The van der Waals surface area contributed by atoms with E-state index in [4.69, 9.17) is 14.2 Å². The van der Waals surface area contributed by atoms with Gasteiger partial charge >= 0.3 is 0 Å². The van der Waals surface area contributed by atoms with Crippen LogP contribution in [0.15, 0.2) is 48.8 Å². The number of nitrogens with zero attached hydrogens (tertiary/aromatic N) is 2. The fraction of sp³-hybridized carbons (Fsp3) is 0.385. The lowest BCUT2D eigenvalue weighted by Crippen LogP contribution is -2.44. The second-order valence-electron chi connectivity index (χ2n) is 8.76. The van der Waals surface area contributed by atoms with Gasteiger partial charge in [0.15, 0.2) is 0 Å². The fourth-order valence-corrected chi connectivity index (χ4v) is 4.47. The molecule has 1 saturated heterocycles. The predicted molar refractivity (Wildman–Crippen MR) is 133 cm³/mol. The Hall–Kier alpha value is -3.40. The number of ether oxygens (including phenoxy) is 3. The quantitative estimate of drug-likeness (QED) is 0.458. The minimum atomic E-state index is -0.343. The second kappa shape index (κ2) is 10.9. The average molecular weight is 478 g/mol. The van der Waals surface area contributed by atoms with Gasteiger partial charge in [-0.15, -0.1) is 0 Å². The molecule has 0 spiro atoms. The smallest absolute Gasteiger partial charge is 0.241 e. The number of H-pyrrole nitrogens is 1. The first-order valence-corrected chi connectivity index (χ1v) is 12.0. The van der Waals surface area contributed by atoms with E-state index in [1.54, 1.807) is 13.3 Å². The Kier molecular flexibility index (Phi) is 7.27. The SMILES string of the molecule is COc1ccc2c(c1)CC(C(=O)Nc1ccc(-c3cn[nH]c3)cc1OCCN1CCOCC1)NC2. The molecule has 0 bridgehead atoms. The van der Waals surface area contributed by atoms with Crippen molar-refractivity contribution in [1.82, 2.24) is 20.4 Å². The van der Waals surface area contributed by atoms with Crippen molar-refractivity contribution in [3.05, 3.63) is 59.9 Å². The third-order valence-electron chi connectivity index (χ3n) is 6.53. The summed E-state index contributed by atoms with van der Waals surface area (Å²) in [5, 5.41) is 13.3. The van der Waals surface area contributed by atoms with E-state index >= 15 is 0 Å². The Labute approximate surface area is 204 Å². The Morgan fingerprint density at radius 3 is 2.86 bits per heavy atom. The van der Waals surface area contributed by atoms with Crippen LogP contribution in [0.1, 0.15) is 11.1 Å². The van der Waals surface area contributed by atoms with Crippen molar-refractivity contribution >= 4 is 11.6 Å². The summed E-state index contributed by atoms with van der Waals surface area (Å²) in [6.07, 6.45) is 4.20. The summed E-state index contributed by atoms with van der Waals surface area (Å²) in [7, 11) is 1.65. The van der Waals surface area contributed by atoms with Gasteiger partial charge < -0.3 is 24.8 Å². The number of fused-ring (bicyclic) bond motifs is 1. The van der Waals surface area contributed by atoms with E-state index in [9.17, 15) is 4.79 Å². The number of carbonyl (C=O) groups is 1. The van der Waals surface area contributed by atoms with Crippen molar-refractivity contribution in [2.24, 2.45) is 0 Å². The van der Waals surface area contributed by atoms with E-state index < -0.39 is 0 Å². The summed E-state index contributed by atoms with van der Waals surface area (Å²) in [4.78, 5) is 15.5. The molecule has 1 aromatic heterocycles. The van der Waals surface area contributed by atoms with Crippen molar-refractivity contribution in [3.63, 3.8) is 0 Å². The van der Waals surface area contributed by atoms with Gasteiger partial charge in [-0.1, -0.05) is 12.1 Å². The Balaban J connectivity index is 1.29. The molecule has 0 aliphatic carbocycles. The van der Waals surface area contributed by atoms with Crippen LogP contribution in [0.2, 0.25) is 0 Å². The van der Waals surface area contributed by atoms with E-state index in [2.05, 4.69) is 25.7 Å². The van der Waals surface area contributed by atoms with Crippen molar-refractivity contribution in [2.75, 3.05) is 51.9 Å². The van der Waals surface area contributed by atoms with Crippen molar-refractivity contribution in [1.29, 1.82) is 0 Å². The third-order valence-corrected chi connectivity index (χ3v) is 6.53. The van der Waals surface area contributed by atoms with Crippen LogP contribution in [0.25, 0.3) is 11.1 Å². The first-order chi connectivity index (χ1) is 17.2. The molecular weight excluding hydrogens is 446 g/mol. The number of amides is 1. The first-order valence-electron chi connectivity index (χ1n) is 12.0. The lowest BCUT2D eigenvalue weighted by atomic mass is 9.95. The molecule has 1 amide bonds. The van der Waals surface area contributed by atoms with E-state index in [-0.39, 0.29) is 11.9 Å². The number of aromatic amines is 1. The normalized spacial score (nSPS) is 18.0. The minimum Gasteiger partial charge on any atom is -0.497 e. The second-order valence-corrected chi connectivity index (χ2v) is 8.76. The minimum absolute atomic E-state index is 0.0902. The lowest BCUT2D eigenvalue weighted by Gasteiger charge is -2.27. The Morgan fingerprint density at radius 2 is 2.06 bits per heavy atom. The molecule has 0 saturated carbocycles. The van der Waals surface area contributed by atoms with Crippen LogP contribution in [-0.2, 0) is 22.5 Å². The summed E-state index contributed by atoms with van der Waals surface area (Å²) < 4.78 is 17.0. The average Bonchev–Trinajstić information content (AvgIpc) is 3.44. The van der Waals surface area contributed by atoms with Gasteiger partial charge in [0.05, 0.1) is 38.2 Å². The van der Waals surface area contributed by atoms with Crippen LogP contribution >= 0.6 is 0 Å². The zero-order valence-corrected chi connectivity index (χ0v) is 19.9. The lowest BCUT2D eigenvalue weighted by molar-refractivity contribution is -0.118. The van der Waals surface area contributed by atoms with Crippen LogP contribution in [0.5, 0.6) is 11.5 Å². The van der Waals surface area contributed by atoms with Crippen molar-refractivity contribution in [2.45, 2.75) is 19.0 Å². The summed E-state index contributed by atoms with van der Waals surface area (Å²) in [6, 6.07) is 11.5. The predicted octanol–water partition coefficient (Wildman–Crippen LogP) is 2.45. The van der Waals surface area contributed by atoms with Crippen molar-refractivity contribution in [3.8, 4) is 22.6 Å². The molecule has 2 aliphatic rings. The largest absolute Gasteiger partial charge is 0.497 e. The maximum Gasteiger partial charge on any atom is 0.241 e. The highest BCUT2D eigenvalue weighted by Gasteiger charge is 2.25. The molecule has 1 atom stereocenters. The molecule has 2 aliphatic heterocycles. The van der Waals surface area contributed by atoms with Gasteiger partial charge in [0.2, 0.25) is 5.91 Å². The van der Waals surface area contributed by atoms with Crippen LogP contribution < -0.4 is 20.1 Å². The number of carbonyl (C=O) groups excluding carboxylic acids is 1. The van der Waals surface area contributed by atoms with Crippen LogP contribution in [0.4, 0.5) is 5.69 Å². The number of aromatic nitrogens is 2. The van der Waals surface area contributed by atoms with Crippen LogP contribution in [0.3, 0.4) is 0 Å². The summed E-state index contributed by atoms with van der Waals surface area (Å²) >= 11 is 0. The number of hydrogen-bond donors (Lipinski definition) is 3. The Bertz CT molecular complexity index is 1140. The van der Waals surface area contributed by atoms with Gasteiger partial charge in [-0.2, -0.15) is 5.10 Å². The van der Waals surface area contributed by atoms with E-state index in [1.165, 1.54) is 5.56 Å². The van der Waals surface area contributed by atoms with E-state index in [0.717, 1.165) is 55.3 Å². The molecule has 9 nitrogen and oxygen atoms in total. The number of benzene rings is 2. The molecule has 3 heterocycles. The van der Waals surface area contributed by atoms with Crippen LogP contribution in [-0.4, -0.2) is 73.6 Å². The third kappa shape index (κ3) is 5.64. The number of rotatable bonds is 8.